The van der Waals surface area contributed by atoms with Gasteiger partial charge in [0.1, 0.15) is 11.1 Å². The van der Waals surface area contributed by atoms with Gasteiger partial charge in [0.15, 0.2) is 17.5 Å². The summed E-state index contributed by atoms with van der Waals surface area (Å²) in [6.45, 7) is 0. The highest BCUT2D eigenvalue weighted by Gasteiger charge is 2.18. The van der Waals surface area contributed by atoms with Crippen LogP contribution in [0.15, 0.2) is 51.7 Å². The molecule has 0 unspecified atom stereocenters. The molecule has 7 heteroatoms. The van der Waals surface area contributed by atoms with Crippen LogP contribution in [0.1, 0.15) is 10.4 Å². The summed E-state index contributed by atoms with van der Waals surface area (Å²) in [5, 5.41) is 2.51. The molecule has 0 fully saturated rings. The Morgan fingerprint density at radius 2 is 1.74 bits per heavy atom. The lowest BCUT2D eigenvalue weighted by Gasteiger charge is -2.07. The Morgan fingerprint density at radius 3 is 2.52 bits per heavy atom. The number of hydrogen-bond donors (Lipinski definition) is 1. The van der Waals surface area contributed by atoms with Crippen molar-refractivity contribution in [1.82, 2.24) is 0 Å². The summed E-state index contributed by atoms with van der Waals surface area (Å²) in [5.74, 6) is -5.64. The van der Waals surface area contributed by atoms with E-state index in [1.807, 2.05) is 5.32 Å². The van der Waals surface area contributed by atoms with Gasteiger partial charge in [0.05, 0.1) is 5.69 Å². The summed E-state index contributed by atoms with van der Waals surface area (Å²) >= 11 is 0. The van der Waals surface area contributed by atoms with Gasteiger partial charge in [-0.25, -0.2) is 18.0 Å². The average molecular weight is 319 g/mol. The number of amides is 1. The number of rotatable bonds is 2. The van der Waals surface area contributed by atoms with Crippen molar-refractivity contribution in [1.29, 1.82) is 0 Å². The highest BCUT2D eigenvalue weighted by atomic mass is 19.2. The van der Waals surface area contributed by atoms with Crippen LogP contribution in [-0.4, -0.2) is 5.91 Å². The average Bonchev–Trinajstić information content (AvgIpc) is 2.54. The van der Waals surface area contributed by atoms with Gasteiger partial charge in [-0.2, -0.15) is 0 Å². The summed E-state index contributed by atoms with van der Waals surface area (Å²) in [6.07, 6.45) is 0. The summed E-state index contributed by atoms with van der Waals surface area (Å²) in [5.41, 5.74) is -1.61. The molecule has 0 bridgehead atoms. The second kappa shape index (κ2) is 5.60. The molecule has 1 amide bonds. The number of carbonyl (C=O) groups is 1. The molecule has 0 spiro atoms. The van der Waals surface area contributed by atoms with Gasteiger partial charge in [0.25, 0.3) is 5.91 Å². The lowest BCUT2D eigenvalue weighted by Crippen LogP contribution is -2.21. The van der Waals surface area contributed by atoms with Crippen molar-refractivity contribution in [3.8, 4) is 0 Å². The molecular weight excluding hydrogens is 311 g/mol. The predicted octanol–water partition coefficient (Wildman–Crippen LogP) is 3.46. The zero-order valence-electron chi connectivity index (χ0n) is 11.4. The van der Waals surface area contributed by atoms with Crippen molar-refractivity contribution in [3.05, 3.63) is 75.9 Å². The fraction of sp³-hybridized carbons (Fsp3) is 0. The topological polar surface area (TPSA) is 59.3 Å². The largest absolute Gasteiger partial charge is 0.422 e. The highest BCUT2D eigenvalue weighted by Crippen LogP contribution is 2.20. The maximum absolute atomic E-state index is 13.6. The maximum atomic E-state index is 13.6. The van der Waals surface area contributed by atoms with Crippen molar-refractivity contribution in [2.45, 2.75) is 0 Å². The highest BCUT2D eigenvalue weighted by molar-refractivity contribution is 6.05. The van der Waals surface area contributed by atoms with Crippen molar-refractivity contribution in [2.75, 3.05) is 5.32 Å². The molecule has 0 aliphatic heterocycles. The molecule has 1 aromatic heterocycles. The Hall–Kier alpha value is -3.09. The fourth-order valence-electron chi connectivity index (χ4n) is 2.03. The molecule has 0 radical (unpaired) electrons. The molecule has 0 atom stereocenters. The van der Waals surface area contributed by atoms with Gasteiger partial charge < -0.3 is 9.73 Å². The zero-order chi connectivity index (χ0) is 16.6. The molecule has 0 aliphatic carbocycles. The number of halogens is 3. The van der Waals surface area contributed by atoms with Crippen molar-refractivity contribution >= 4 is 22.6 Å². The van der Waals surface area contributed by atoms with E-state index in [9.17, 15) is 22.8 Å². The minimum Gasteiger partial charge on any atom is -0.422 e. The number of para-hydroxylation sites is 1. The van der Waals surface area contributed by atoms with E-state index in [-0.39, 0.29) is 11.1 Å². The van der Waals surface area contributed by atoms with Gasteiger partial charge in [-0.1, -0.05) is 18.2 Å². The van der Waals surface area contributed by atoms with Crippen LogP contribution in [0.4, 0.5) is 18.9 Å². The molecule has 3 aromatic rings. The van der Waals surface area contributed by atoms with Gasteiger partial charge in [-0.3, -0.25) is 4.79 Å². The number of fused-ring (bicyclic) bond motifs is 1. The molecule has 116 valence electrons. The number of benzene rings is 2. The Balaban J connectivity index is 2.00. The van der Waals surface area contributed by atoms with Crippen LogP contribution in [0.25, 0.3) is 11.0 Å². The third-order valence-electron chi connectivity index (χ3n) is 3.17. The van der Waals surface area contributed by atoms with Gasteiger partial charge in [-0.15, -0.1) is 0 Å². The first-order valence-corrected chi connectivity index (χ1v) is 6.45. The van der Waals surface area contributed by atoms with E-state index >= 15 is 0 Å². The smallest absolute Gasteiger partial charge is 0.349 e. The van der Waals surface area contributed by atoms with Gasteiger partial charge in [0, 0.05) is 5.39 Å². The molecule has 0 saturated carbocycles. The Kier molecular flexibility index (Phi) is 3.61. The van der Waals surface area contributed by atoms with E-state index in [0.29, 0.717) is 11.5 Å². The first-order valence-electron chi connectivity index (χ1n) is 6.45. The van der Waals surface area contributed by atoms with Crippen molar-refractivity contribution in [3.63, 3.8) is 0 Å². The Labute approximate surface area is 127 Å². The van der Waals surface area contributed by atoms with E-state index in [2.05, 4.69) is 0 Å². The quantitative estimate of drug-likeness (QED) is 0.581. The third-order valence-corrected chi connectivity index (χ3v) is 3.17. The van der Waals surface area contributed by atoms with Crippen LogP contribution < -0.4 is 10.9 Å². The molecule has 0 saturated heterocycles. The van der Waals surface area contributed by atoms with E-state index in [0.717, 1.165) is 6.07 Å². The second-order valence-electron chi connectivity index (χ2n) is 4.66. The van der Waals surface area contributed by atoms with E-state index < -0.39 is 34.7 Å². The van der Waals surface area contributed by atoms with Gasteiger partial charge in [0.2, 0.25) is 0 Å². The van der Waals surface area contributed by atoms with Crippen molar-refractivity contribution < 1.29 is 22.4 Å². The lowest BCUT2D eigenvalue weighted by molar-refractivity contribution is 0.102. The van der Waals surface area contributed by atoms with Crippen LogP contribution in [0, 0.1) is 17.5 Å². The number of nitrogens with one attached hydrogen (secondary N) is 1. The Morgan fingerprint density at radius 1 is 1.00 bits per heavy atom. The number of anilines is 1. The molecule has 2 aromatic carbocycles. The molecule has 3 rings (SSSR count). The van der Waals surface area contributed by atoms with Crippen LogP contribution in [-0.2, 0) is 0 Å². The summed E-state index contributed by atoms with van der Waals surface area (Å²) < 4.78 is 44.6. The van der Waals surface area contributed by atoms with Crippen LogP contribution in [0.5, 0.6) is 0 Å². The Bertz CT molecular complexity index is 982. The second-order valence-corrected chi connectivity index (χ2v) is 4.66. The van der Waals surface area contributed by atoms with Gasteiger partial charge >= 0.3 is 5.63 Å². The van der Waals surface area contributed by atoms with E-state index in [4.69, 9.17) is 4.42 Å². The maximum Gasteiger partial charge on any atom is 0.349 e. The first kappa shape index (κ1) is 14.8. The SMILES string of the molecule is O=C(Nc1ccc(F)c(F)c1F)c1cc2ccccc2oc1=O. The zero-order valence-corrected chi connectivity index (χ0v) is 11.4. The summed E-state index contributed by atoms with van der Waals surface area (Å²) in [7, 11) is 0. The lowest BCUT2D eigenvalue weighted by atomic mass is 10.1. The molecule has 4 nitrogen and oxygen atoms in total. The third kappa shape index (κ3) is 2.68. The summed E-state index contributed by atoms with van der Waals surface area (Å²) in [6, 6.07) is 9.29. The number of carbonyl (C=O) groups excluding carboxylic acids is 1. The molecular formula is C16H8F3NO3. The van der Waals surface area contributed by atoms with Gasteiger partial charge in [-0.05, 0) is 24.3 Å². The standard InChI is InChI=1S/C16H8F3NO3/c17-10-5-6-11(14(19)13(10)18)20-15(21)9-7-8-3-1-2-4-12(8)23-16(9)22/h1-7H,(H,20,21). The predicted molar refractivity (Wildman–Crippen MR) is 76.8 cm³/mol. The normalized spacial score (nSPS) is 10.7. The van der Waals surface area contributed by atoms with Crippen LogP contribution >= 0.6 is 0 Å². The minimum atomic E-state index is -1.71. The monoisotopic (exact) mass is 319 g/mol. The van der Waals surface area contributed by atoms with E-state index in [1.165, 1.54) is 6.07 Å². The molecule has 1 N–H and O–H groups in total. The number of hydrogen-bond acceptors (Lipinski definition) is 3. The molecule has 0 aliphatic rings. The van der Waals surface area contributed by atoms with Crippen LogP contribution in [0.2, 0.25) is 0 Å². The summed E-state index contributed by atoms with van der Waals surface area (Å²) in [4.78, 5) is 23.9. The fourth-order valence-corrected chi connectivity index (χ4v) is 2.03. The van der Waals surface area contributed by atoms with Crippen molar-refractivity contribution in [2.24, 2.45) is 0 Å². The van der Waals surface area contributed by atoms with Crippen LogP contribution in [0.3, 0.4) is 0 Å². The molecule has 23 heavy (non-hydrogen) atoms. The first-order chi connectivity index (χ1) is 11.0. The molecule has 1 heterocycles. The minimum absolute atomic E-state index is 0.285. The van der Waals surface area contributed by atoms with E-state index in [1.54, 1.807) is 24.3 Å².